The quantitative estimate of drug-likeness (QED) is 0.237. The van der Waals surface area contributed by atoms with Crippen LogP contribution in [0.3, 0.4) is 0 Å². The largest absolute Gasteiger partial charge is 0.438 e. The summed E-state index contributed by atoms with van der Waals surface area (Å²) in [6.07, 6.45) is -0.141. The molecule has 3 aromatic rings. The number of carbonyl (C=O) groups excluding carboxylic acids is 1. The van der Waals surface area contributed by atoms with Crippen molar-refractivity contribution in [3.8, 4) is 5.88 Å². The number of fused-ring (bicyclic) bond motifs is 2. The number of ether oxygens (including phenoxy) is 3. The van der Waals surface area contributed by atoms with Gasteiger partial charge >= 0.3 is 0 Å². The van der Waals surface area contributed by atoms with Crippen LogP contribution in [-0.2, 0) is 19.9 Å². The number of nitrogens with zero attached hydrogens (tertiary/aromatic N) is 3. The highest BCUT2D eigenvalue weighted by atomic mass is 16.7. The van der Waals surface area contributed by atoms with E-state index in [1.807, 2.05) is 0 Å². The van der Waals surface area contributed by atoms with Gasteiger partial charge in [-0.15, -0.1) is 0 Å². The zero-order valence-corrected chi connectivity index (χ0v) is 17.9. The van der Waals surface area contributed by atoms with E-state index < -0.39 is 22.6 Å². The Bertz CT molecular complexity index is 1250. The lowest BCUT2D eigenvalue weighted by Gasteiger charge is -2.23. The molecule has 1 atom stereocenters. The highest BCUT2D eigenvalue weighted by Crippen LogP contribution is 2.47. The molecule has 0 amide bonds. The molecule has 0 bridgehead atoms. The zero-order valence-electron chi connectivity index (χ0n) is 17.9. The molecule has 0 saturated carbocycles. The fourth-order valence-electron chi connectivity index (χ4n) is 3.56. The summed E-state index contributed by atoms with van der Waals surface area (Å²) < 4.78 is 16.5. The summed E-state index contributed by atoms with van der Waals surface area (Å²) >= 11 is 0. The van der Waals surface area contributed by atoms with Gasteiger partial charge in [0.05, 0.1) is 16.0 Å². The van der Waals surface area contributed by atoms with Crippen LogP contribution in [0.5, 0.6) is 5.88 Å². The van der Waals surface area contributed by atoms with Crippen molar-refractivity contribution in [1.29, 1.82) is 0 Å². The van der Waals surface area contributed by atoms with Gasteiger partial charge in [-0.1, -0.05) is 24.3 Å². The second kappa shape index (κ2) is 9.02. The first-order chi connectivity index (χ1) is 15.9. The molecule has 1 aliphatic heterocycles. The van der Waals surface area contributed by atoms with Crippen LogP contribution in [0.15, 0.2) is 60.4 Å². The van der Waals surface area contributed by atoms with Crippen LogP contribution < -0.4 is 4.74 Å². The number of rotatable bonds is 8. The molecule has 1 aliphatic rings. The normalized spacial score (nSPS) is 18.5. The molecule has 1 N–H and O–H groups in total. The number of hydrogen-bond donors (Lipinski definition) is 1. The Hall–Kier alpha value is -3.73. The molecule has 10 nitrogen and oxygen atoms in total. The van der Waals surface area contributed by atoms with Gasteiger partial charge in [-0.05, 0) is 26.0 Å². The summed E-state index contributed by atoms with van der Waals surface area (Å²) in [5.74, 6) is -0.816. The third-order valence-electron chi connectivity index (χ3n) is 5.06. The summed E-state index contributed by atoms with van der Waals surface area (Å²) in [6, 6.07) is 12.4. The molecule has 4 rings (SSSR count). The molecule has 2 heterocycles. The van der Waals surface area contributed by atoms with E-state index >= 15 is 0 Å². The van der Waals surface area contributed by atoms with Crippen LogP contribution >= 0.6 is 0 Å². The number of non-ortho nitro benzene ring substituents is 1. The fourth-order valence-corrected chi connectivity index (χ4v) is 3.56. The Balaban J connectivity index is 1.90. The SMILES string of the molecule is CCOC(OCC)C(=O)/C=C1/Oc2nc3ccccc3nc2C1(O)c1cccc([N+](=O)[O-])c1. The lowest BCUT2D eigenvalue weighted by Crippen LogP contribution is -2.31. The minimum Gasteiger partial charge on any atom is -0.438 e. The number of hydrogen-bond acceptors (Lipinski definition) is 9. The number of nitro benzene ring substituents is 1. The van der Waals surface area contributed by atoms with E-state index in [2.05, 4.69) is 9.97 Å². The number of para-hydroxylation sites is 2. The van der Waals surface area contributed by atoms with Crippen molar-refractivity contribution < 1.29 is 29.0 Å². The molecule has 0 saturated heterocycles. The molecule has 33 heavy (non-hydrogen) atoms. The lowest BCUT2D eigenvalue weighted by atomic mass is 9.88. The molecule has 0 aliphatic carbocycles. The van der Waals surface area contributed by atoms with Gasteiger partial charge in [0.25, 0.3) is 5.69 Å². The maximum atomic E-state index is 12.9. The number of ketones is 1. The van der Waals surface area contributed by atoms with Crippen molar-refractivity contribution >= 4 is 22.5 Å². The Morgan fingerprint density at radius 3 is 2.45 bits per heavy atom. The summed E-state index contributed by atoms with van der Waals surface area (Å²) in [7, 11) is 0. The van der Waals surface area contributed by atoms with E-state index in [0.29, 0.717) is 11.0 Å². The van der Waals surface area contributed by atoms with Crippen molar-refractivity contribution in [2.45, 2.75) is 25.7 Å². The topological polar surface area (TPSA) is 134 Å². The van der Waals surface area contributed by atoms with Crippen molar-refractivity contribution in [2.75, 3.05) is 13.2 Å². The van der Waals surface area contributed by atoms with Gasteiger partial charge in [0.2, 0.25) is 18.0 Å². The van der Waals surface area contributed by atoms with Gasteiger partial charge in [-0.25, -0.2) is 9.97 Å². The van der Waals surface area contributed by atoms with Crippen molar-refractivity contribution in [1.82, 2.24) is 9.97 Å². The lowest BCUT2D eigenvalue weighted by molar-refractivity contribution is -0.385. The van der Waals surface area contributed by atoms with Crippen molar-refractivity contribution in [3.05, 3.63) is 81.7 Å². The van der Waals surface area contributed by atoms with Gasteiger partial charge in [-0.2, -0.15) is 0 Å². The summed E-state index contributed by atoms with van der Waals surface area (Å²) in [6.45, 7) is 3.88. The Morgan fingerprint density at radius 1 is 1.15 bits per heavy atom. The van der Waals surface area contributed by atoms with Gasteiger partial charge in [0.15, 0.2) is 11.4 Å². The molecule has 10 heteroatoms. The number of aromatic nitrogens is 2. The van der Waals surface area contributed by atoms with E-state index in [4.69, 9.17) is 14.2 Å². The third-order valence-corrected chi connectivity index (χ3v) is 5.06. The summed E-state index contributed by atoms with van der Waals surface area (Å²) in [4.78, 5) is 32.6. The minimum atomic E-state index is -2.10. The van der Waals surface area contributed by atoms with Crippen LogP contribution in [-0.4, -0.2) is 45.3 Å². The number of carbonyl (C=O) groups is 1. The maximum absolute atomic E-state index is 12.9. The Kier molecular flexibility index (Phi) is 6.14. The molecule has 1 aromatic heterocycles. The zero-order chi connectivity index (χ0) is 23.6. The average molecular weight is 451 g/mol. The molecule has 2 aromatic carbocycles. The van der Waals surface area contributed by atoms with Gasteiger partial charge in [0.1, 0.15) is 5.69 Å². The molecule has 0 radical (unpaired) electrons. The second-order valence-corrected chi connectivity index (χ2v) is 7.14. The summed E-state index contributed by atoms with van der Waals surface area (Å²) in [5, 5.41) is 23.2. The highest BCUT2D eigenvalue weighted by molar-refractivity contribution is 5.93. The number of aliphatic hydroxyl groups is 1. The van der Waals surface area contributed by atoms with E-state index in [1.54, 1.807) is 38.1 Å². The van der Waals surface area contributed by atoms with Gasteiger partial charge in [-0.3, -0.25) is 14.9 Å². The van der Waals surface area contributed by atoms with E-state index in [9.17, 15) is 20.0 Å². The smallest absolute Gasteiger partial charge is 0.269 e. The van der Waals surface area contributed by atoms with E-state index in [-0.39, 0.29) is 41.8 Å². The average Bonchev–Trinajstić information content (AvgIpc) is 3.09. The predicted molar refractivity (Wildman–Crippen MR) is 116 cm³/mol. The molecule has 0 spiro atoms. The fraction of sp³-hybridized carbons (Fsp3) is 0.261. The van der Waals surface area contributed by atoms with Crippen LogP contribution in [0.1, 0.15) is 25.1 Å². The maximum Gasteiger partial charge on any atom is 0.269 e. The molecule has 1 unspecified atom stereocenters. The van der Waals surface area contributed by atoms with Crippen molar-refractivity contribution in [3.63, 3.8) is 0 Å². The monoisotopic (exact) mass is 451 g/mol. The van der Waals surface area contributed by atoms with Crippen molar-refractivity contribution in [2.24, 2.45) is 0 Å². The van der Waals surface area contributed by atoms with E-state index in [1.165, 1.54) is 24.3 Å². The summed E-state index contributed by atoms with van der Waals surface area (Å²) in [5.41, 5.74) is -1.22. The molecule has 170 valence electrons. The molecule has 0 fully saturated rings. The van der Waals surface area contributed by atoms with Gasteiger partial charge < -0.3 is 19.3 Å². The minimum absolute atomic E-state index is 0.00822. The Labute approximate surface area is 188 Å². The highest BCUT2D eigenvalue weighted by Gasteiger charge is 2.49. The van der Waals surface area contributed by atoms with Crippen LogP contribution in [0.25, 0.3) is 11.0 Å². The molecular weight excluding hydrogens is 430 g/mol. The van der Waals surface area contributed by atoms with Crippen LogP contribution in [0, 0.1) is 10.1 Å². The first-order valence-electron chi connectivity index (χ1n) is 10.3. The standard InChI is InChI=1S/C23H21N3O7/c1-3-31-22(32-4-2)18(27)13-19-23(28,14-8-7-9-15(12-14)26(29)30)20-21(33-19)25-17-11-6-5-10-16(17)24-20/h5-13,22,28H,3-4H2,1-2H3/b19-13+. The first kappa shape index (κ1) is 22.5. The second-order valence-electron chi connectivity index (χ2n) is 7.14. The van der Waals surface area contributed by atoms with Gasteiger partial charge in [0, 0.05) is 37.0 Å². The van der Waals surface area contributed by atoms with E-state index in [0.717, 1.165) is 6.08 Å². The third kappa shape index (κ3) is 4.07. The first-order valence-corrected chi connectivity index (χ1v) is 10.3. The Morgan fingerprint density at radius 2 is 1.82 bits per heavy atom. The van der Waals surface area contributed by atoms with Crippen LogP contribution in [0.4, 0.5) is 5.69 Å². The van der Waals surface area contributed by atoms with Crippen LogP contribution in [0.2, 0.25) is 0 Å². The predicted octanol–water partition coefficient (Wildman–Crippen LogP) is 3.02. The molecular formula is C23H21N3O7. The number of benzene rings is 2. The number of nitro groups is 1.